The van der Waals surface area contributed by atoms with E-state index in [9.17, 15) is 0 Å². The summed E-state index contributed by atoms with van der Waals surface area (Å²) in [5.41, 5.74) is 11.1. The zero-order chi connectivity index (χ0) is 18.9. The number of aromatic nitrogens is 6. The van der Waals surface area contributed by atoms with E-state index < -0.39 is 0 Å². The molecule has 4 aromatic heterocycles. The minimum atomic E-state index is 0.386. The maximum atomic E-state index is 6.27. The first-order valence-corrected chi connectivity index (χ1v) is 9.54. The first kappa shape index (κ1) is 16.9. The number of nitrogens with zero attached hydrogens (tertiary/aromatic N) is 6. The van der Waals surface area contributed by atoms with Gasteiger partial charge in [0.1, 0.15) is 5.82 Å². The summed E-state index contributed by atoms with van der Waals surface area (Å²) in [4.78, 5) is 9.08. The van der Waals surface area contributed by atoms with E-state index in [2.05, 4.69) is 20.5 Å². The van der Waals surface area contributed by atoms with Gasteiger partial charge in [0.05, 0.1) is 24.6 Å². The van der Waals surface area contributed by atoms with E-state index in [4.69, 9.17) is 10.7 Å². The van der Waals surface area contributed by atoms with E-state index in [1.807, 2.05) is 47.7 Å². The van der Waals surface area contributed by atoms with E-state index in [1.54, 1.807) is 10.7 Å². The number of rotatable bonds is 4. The van der Waals surface area contributed by atoms with Crippen LogP contribution in [0.1, 0.15) is 30.0 Å². The molecular weight excluding hydrogens is 352 g/mol. The predicted octanol–water partition coefficient (Wildman–Crippen LogP) is 2.09. The van der Waals surface area contributed by atoms with Crippen molar-refractivity contribution >= 4 is 11.5 Å². The Labute approximate surface area is 162 Å². The summed E-state index contributed by atoms with van der Waals surface area (Å²) in [6, 6.07) is 5.92. The number of fused-ring (bicyclic) bond motifs is 1. The van der Waals surface area contributed by atoms with Gasteiger partial charge in [-0.2, -0.15) is 14.7 Å². The van der Waals surface area contributed by atoms with Crippen molar-refractivity contribution in [3.63, 3.8) is 0 Å². The summed E-state index contributed by atoms with van der Waals surface area (Å²) in [6.07, 6.45) is 11.6. The van der Waals surface area contributed by atoms with Gasteiger partial charge >= 0.3 is 0 Å². The zero-order valence-corrected chi connectivity index (χ0v) is 15.5. The van der Waals surface area contributed by atoms with Crippen LogP contribution >= 0.6 is 0 Å². The zero-order valence-electron chi connectivity index (χ0n) is 15.5. The molecule has 1 aliphatic rings. The molecule has 4 aromatic rings. The normalized spacial score (nSPS) is 17.2. The number of hydrogen-bond acceptors (Lipinski definition) is 6. The molecule has 1 atom stereocenters. The minimum absolute atomic E-state index is 0.386. The summed E-state index contributed by atoms with van der Waals surface area (Å²) in [5.74, 6) is 0.997. The minimum Gasteiger partial charge on any atom is -0.384 e. The highest BCUT2D eigenvalue weighted by atomic mass is 15.3. The highest BCUT2D eigenvalue weighted by Gasteiger charge is 2.20. The Kier molecular flexibility index (Phi) is 4.25. The molecule has 1 unspecified atom stereocenters. The quantitative estimate of drug-likeness (QED) is 0.567. The molecule has 5 heterocycles. The van der Waals surface area contributed by atoms with Crippen molar-refractivity contribution < 1.29 is 0 Å². The first-order chi connectivity index (χ1) is 13.8. The molecular formula is C20H22N8. The SMILES string of the molecule is Nc1cc(C2CCCNC2)nc2c(-c3cnn(Cc4cccnc4)c3)cnn12. The molecule has 1 aliphatic heterocycles. The van der Waals surface area contributed by atoms with Crippen molar-refractivity contribution in [1.29, 1.82) is 0 Å². The Morgan fingerprint density at radius 1 is 1.21 bits per heavy atom. The van der Waals surface area contributed by atoms with Crippen LogP contribution in [0.15, 0.2) is 49.2 Å². The lowest BCUT2D eigenvalue weighted by Crippen LogP contribution is -2.29. The summed E-state index contributed by atoms with van der Waals surface area (Å²) >= 11 is 0. The lowest BCUT2D eigenvalue weighted by atomic mass is 9.96. The van der Waals surface area contributed by atoms with Crippen molar-refractivity contribution in [3.8, 4) is 11.1 Å². The molecule has 0 aliphatic carbocycles. The van der Waals surface area contributed by atoms with Crippen molar-refractivity contribution in [2.75, 3.05) is 18.8 Å². The Bertz CT molecular complexity index is 1090. The third kappa shape index (κ3) is 3.11. The molecule has 8 nitrogen and oxygen atoms in total. The lowest BCUT2D eigenvalue weighted by molar-refractivity contribution is 0.455. The third-order valence-electron chi connectivity index (χ3n) is 5.25. The smallest absolute Gasteiger partial charge is 0.165 e. The topological polar surface area (TPSA) is 98.9 Å². The van der Waals surface area contributed by atoms with Gasteiger partial charge in [-0.25, -0.2) is 4.98 Å². The highest BCUT2D eigenvalue weighted by molar-refractivity contribution is 5.77. The van der Waals surface area contributed by atoms with Crippen LogP contribution in [-0.2, 0) is 6.54 Å². The van der Waals surface area contributed by atoms with Crippen LogP contribution in [0, 0.1) is 0 Å². The van der Waals surface area contributed by atoms with Gasteiger partial charge in [-0.05, 0) is 31.0 Å². The average Bonchev–Trinajstić information content (AvgIpc) is 3.36. The monoisotopic (exact) mass is 374 g/mol. The molecule has 0 radical (unpaired) electrons. The third-order valence-corrected chi connectivity index (χ3v) is 5.25. The number of piperidine rings is 1. The van der Waals surface area contributed by atoms with E-state index in [1.165, 1.54) is 0 Å². The first-order valence-electron chi connectivity index (χ1n) is 9.54. The molecule has 0 spiro atoms. The molecule has 142 valence electrons. The molecule has 0 saturated carbocycles. The Hall–Kier alpha value is -3.26. The van der Waals surface area contributed by atoms with Gasteiger partial charge in [-0.15, -0.1) is 0 Å². The van der Waals surface area contributed by atoms with Crippen molar-refractivity contribution in [1.82, 2.24) is 34.7 Å². The van der Waals surface area contributed by atoms with Crippen molar-refractivity contribution in [3.05, 3.63) is 60.4 Å². The second kappa shape index (κ2) is 7.05. The molecule has 5 rings (SSSR count). The van der Waals surface area contributed by atoms with Crippen molar-refractivity contribution in [2.24, 2.45) is 0 Å². The van der Waals surface area contributed by atoms with Crippen LogP contribution in [-0.4, -0.2) is 42.5 Å². The standard InChI is InChI=1S/C20H22N8/c21-19-7-18(15-4-2-6-23-9-15)26-20-17(11-25-28(19)20)16-10-24-27(13-16)12-14-3-1-5-22-8-14/h1,3,5,7-8,10-11,13,15,23H,2,4,6,9,12,21H2. The van der Waals surface area contributed by atoms with Crippen LogP contribution in [0.2, 0.25) is 0 Å². The summed E-state index contributed by atoms with van der Waals surface area (Å²) in [7, 11) is 0. The Balaban J connectivity index is 1.50. The molecule has 8 heteroatoms. The van der Waals surface area contributed by atoms with Gasteiger partial charge in [0.15, 0.2) is 5.65 Å². The summed E-state index contributed by atoms with van der Waals surface area (Å²) in [6.45, 7) is 2.68. The van der Waals surface area contributed by atoms with Crippen LogP contribution in [0.25, 0.3) is 16.8 Å². The lowest BCUT2D eigenvalue weighted by Gasteiger charge is -2.22. The van der Waals surface area contributed by atoms with Crippen LogP contribution in [0.4, 0.5) is 5.82 Å². The number of nitrogen functional groups attached to an aromatic ring is 1. The van der Waals surface area contributed by atoms with Crippen LogP contribution < -0.4 is 11.1 Å². The highest BCUT2D eigenvalue weighted by Crippen LogP contribution is 2.28. The number of nitrogens with two attached hydrogens (primary N) is 1. The van der Waals surface area contributed by atoms with Gasteiger partial charge < -0.3 is 11.1 Å². The molecule has 1 fully saturated rings. The average molecular weight is 374 g/mol. The molecule has 0 bridgehead atoms. The number of pyridine rings is 1. The van der Waals surface area contributed by atoms with Gasteiger partial charge in [-0.3, -0.25) is 9.67 Å². The Morgan fingerprint density at radius 2 is 2.18 bits per heavy atom. The second-order valence-electron chi connectivity index (χ2n) is 7.23. The fourth-order valence-electron chi connectivity index (χ4n) is 3.79. The second-order valence-corrected chi connectivity index (χ2v) is 7.23. The Morgan fingerprint density at radius 3 is 3.00 bits per heavy atom. The summed E-state index contributed by atoms with van der Waals surface area (Å²) in [5, 5.41) is 12.4. The van der Waals surface area contributed by atoms with E-state index >= 15 is 0 Å². The number of nitrogens with one attached hydrogen (secondary N) is 1. The van der Waals surface area contributed by atoms with Gasteiger partial charge in [0, 0.05) is 48.2 Å². The van der Waals surface area contributed by atoms with Gasteiger partial charge in [0.2, 0.25) is 0 Å². The van der Waals surface area contributed by atoms with E-state index in [0.717, 1.165) is 54.0 Å². The molecule has 0 aromatic carbocycles. The predicted molar refractivity (Wildman–Crippen MR) is 107 cm³/mol. The summed E-state index contributed by atoms with van der Waals surface area (Å²) < 4.78 is 3.60. The number of hydrogen-bond donors (Lipinski definition) is 2. The van der Waals surface area contributed by atoms with Crippen LogP contribution in [0.5, 0.6) is 0 Å². The maximum absolute atomic E-state index is 6.27. The molecule has 3 N–H and O–H groups in total. The van der Waals surface area contributed by atoms with Crippen LogP contribution in [0.3, 0.4) is 0 Å². The molecule has 0 amide bonds. The van der Waals surface area contributed by atoms with Gasteiger partial charge in [-0.1, -0.05) is 6.07 Å². The molecule has 28 heavy (non-hydrogen) atoms. The van der Waals surface area contributed by atoms with Crippen molar-refractivity contribution in [2.45, 2.75) is 25.3 Å². The largest absolute Gasteiger partial charge is 0.384 e. The fourth-order valence-corrected chi connectivity index (χ4v) is 3.79. The van der Waals surface area contributed by atoms with E-state index in [0.29, 0.717) is 18.3 Å². The van der Waals surface area contributed by atoms with Gasteiger partial charge in [0.25, 0.3) is 0 Å². The fraction of sp³-hybridized carbons (Fsp3) is 0.300. The maximum Gasteiger partial charge on any atom is 0.165 e. The molecule has 1 saturated heterocycles. The number of anilines is 1. The van der Waals surface area contributed by atoms with E-state index in [-0.39, 0.29) is 0 Å².